The predicted molar refractivity (Wildman–Crippen MR) is 115 cm³/mol. The number of hydrogen-bond acceptors (Lipinski definition) is 5. The Balaban J connectivity index is 1.54. The average molecular weight is 439 g/mol. The van der Waals surface area contributed by atoms with Crippen molar-refractivity contribution in [1.29, 1.82) is 0 Å². The van der Waals surface area contributed by atoms with Crippen LogP contribution in [0.4, 0.5) is 0 Å². The molecule has 1 heterocycles. The van der Waals surface area contributed by atoms with Crippen LogP contribution in [0.3, 0.4) is 0 Å². The Morgan fingerprint density at radius 3 is 2.45 bits per heavy atom. The van der Waals surface area contributed by atoms with Crippen molar-refractivity contribution in [2.75, 3.05) is 0 Å². The molecule has 160 valence electrons. The molecule has 2 aromatic carbocycles. The first-order chi connectivity index (χ1) is 14.8. The molecule has 2 amide bonds. The van der Waals surface area contributed by atoms with Crippen LogP contribution >= 0.6 is 0 Å². The molecule has 9 heteroatoms. The van der Waals surface area contributed by atoms with Crippen molar-refractivity contribution >= 4 is 27.9 Å². The fraction of sp³-hybridized carbons (Fsp3) is 0.0909. The number of carbonyl (C=O) groups excluding carboxylic acids is 2. The number of furan rings is 1. The molecule has 31 heavy (non-hydrogen) atoms. The number of rotatable bonds is 9. The minimum atomic E-state index is -3.68. The summed E-state index contributed by atoms with van der Waals surface area (Å²) < 4.78 is 32.2. The molecule has 0 aliphatic heterocycles. The quantitative estimate of drug-likeness (QED) is 0.440. The number of sulfonamides is 1. The van der Waals surface area contributed by atoms with E-state index < -0.39 is 15.9 Å². The summed E-state index contributed by atoms with van der Waals surface area (Å²) in [6.45, 7) is 0.294. The summed E-state index contributed by atoms with van der Waals surface area (Å²) in [6, 6.07) is 16.1. The molecule has 0 bridgehead atoms. The van der Waals surface area contributed by atoms with Crippen molar-refractivity contribution in [2.45, 2.75) is 18.0 Å². The van der Waals surface area contributed by atoms with Crippen LogP contribution in [0.15, 0.2) is 82.3 Å². The van der Waals surface area contributed by atoms with E-state index in [1.54, 1.807) is 54.6 Å². The van der Waals surface area contributed by atoms with E-state index in [9.17, 15) is 18.0 Å². The van der Waals surface area contributed by atoms with E-state index >= 15 is 0 Å². The molecule has 0 spiro atoms. The van der Waals surface area contributed by atoms with Crippen molar-refractivity contribution < 1.29 is 22.4 Å². The molecule has 8 nitrogen and oxygen atoms in total. The third kappa shape index (κ3) is 6.39. The van der Waals surface area contributed by atoms with Gasteiger partial charge >= 0.3 is 0 Å². The lowest BCUT2D eigenvalue weighted by Gasteiger charge is -2.06. The van der Waals surface area contributed by atoms with Gasteiger partial charge in [-0.05, 0) is 53.6 Å². The lowest BCUT2D eigenvalue weighted by molar-refractivity contribution is -0.116. The van der Waals surface area contributed by atoms with Gasteiger partial charge in [0.25, 0.3) is 0 Å². The molecule has 0 aliphatic carbocycles. The maximum atomic E-state index is 12.3. The minimum Gasteiger partial charge on any atom is -0.468 e. The highest BCUT2D eigenvalue weighted by molar-refractivity contribution is 7.89. The summed E-state index contributed by atoms with van der Waals surface area (Å²) in [6.07, 6.45) is 4.39. The van der Waals surface area contributed by atoms with Gasteiger partial charge in [0.15, 0.2) is 0 Å². The summed E-state index contributed by atoms with van der Waals surface area (Å²) in [4.78, 5) is 23.3. The van der Waals surface area contributed by atoms with Crippen LogP contribution in [0.2, 0.25) is 0 Å². The van der Waals surface area contributed by atoms with Crippen LogP contribution in [-0.4, -0.2) is 20.2 Å². The molecule has 0 radical (unpaired) electrons. The van der Waals surface area contributed by atoms with Crippen LogP contribution in [0.1, 0.15) is 27.2 Å². The van der Waals surface area contributed by atoms with Gasteiger partial charge in [-0.25, -0.2) is 13.1 Å². The predicted octanol–water partition coefficient (Wildman–Crippen LogP) is 2.19. The van der Waals surface area contributed by atoms with Crippen molar-refractivity contribution in [1.82, 2.24) is 10.0 Å². The third-order valence-corrected chi connectivity index (χ3v) is 5.73. The first-order valence-electron chi connectivity index (χ1n) is 9.30. The van der Waals surface area contributed by atoms with Crippen molar-refractivity contribution in [3.8, 4) is 0 Å². The monoisotopic (exact) mass is 439 g/mol. The average Bonchev–Trinajstić information content (AvgIpc) is 3.29. The summed E-state index contributed by atoms with van der Waals surface area (Å²) in [5, 5.41) is 2.71. The zero-order valence-corrected chi connectivity index (χ0v) is 17.3. The first kappa shape index (κ1) is 22.0. The van der Waals surface area contributed by atoms with Crippen LogP contribution in [-0.2, 0) is 27.9 Å². The number of hydrogen-bond donors (Lipinski definition) is 3. The minimum absolute atomic E-state index is 0.0551. The maximum Gasteiger partial charge on any atom is 0.248 e. The SMILES string of the molecule is NC(=O)c1cccc(CNC(=O)/C=C/c2ccc(S(=O)(=O)NCc3ccco3)cc2)c1. The zero-order chi connectivity index (χ0) is 22.3. The highest BCUT2D eigenvalue weighted by Gasteiger charge is 2.14. The Labute approximate surface area is 179 Å². The molecule has 0 aliphatic rings. The molecular weight excluding hydrogens is 418 g/mol. The second kappa shape index (κ2) is 9.88. The van der Waals surface area contributed by atoms with Gasteiger partial charge in [-0.1, -0.05) is 24.3 Å². The van der Waals surface area contributed by atoms with Crippen molar-refractivity contribution in [3.63, 3.8) is 0 Å². The van der Waals surface area contributed by atoms with Crippen molar-refractivity contribution in [2.24, 2.45) is 5.73 Å². The van der Waals surface area contributed by atoms with E-state index in [1.165, 1.54) is 24.5 Å². The number of primary amides is 1. The molecule has 3 rings (SSSR count). The van der Waals surface area contributed by atoms with E-state index in [1.807, 2.05) is 0 Å². The number of nitrogens with two attached hydrogens (primary N) is 1. The molecule has 3 aromatic rings. The Hall–Kier alpha value is -3.69. The van der Waals surface area contributed by atoms with E-state index in [-0.39, 0.29) is 23.9 Å². The van der Waals surface area contributed by atoms with E-state index in [0.717, 1.165) is 5.56 Å². The smallest absolute Gasteiger partial charge is 0.248 e. The van der Waals surface area contributed by atoms with Crippen molar-refractivity contribution in [3.05, 3.63) is 95.5 Å². The number of nitrogens with one attached hydrogen (secondary N) is 2. The lowest BCUT2D eigenvalue weighted by Crippen LogP contribution is -2.22. The Kier molecular flexibility index (Phi) is 7.01. The third-order valence-electron chi connectivity index (χ3n) is 4.31. The summed E-state index contributed by atoms with van der Waals surface area (Å²) in [5.41, 5.74) is 7.02. The van der Waals surface area contributed by atoms with E-state index in [4.69, 9.17) is 10.2 Å². The first-order valence-corrected chi connectivity index (χ1v) is 10.8. The molecule has 0 saturated heterocycles. The maximum absolute atomic E-state index is 12.3. The lowest BCUT2D eigenvalue weighted by atomic mass is 10.1. The molecule has 1 aromatic heterocycles. The molecule has 0 unspecified atom stereocenters. The van der Waals surface area contributed by atoms with Gasteiger partial charge in [0.1, 0.15) is 5.76 Å². The zero-order valence-electron chi connectivity index (χ0n) is 16.4. The van der Waals surface area contributed by atoms with Crippen LogP contribution in [0, 0.1) is 0 Å². The van der Waals surface area contributed by atoms with Gasteiger partial charge in [-0.3, -0.25) is 9.59 Å². The van der Waals surface area contributed by atoms with Gasteiger partial charge < -0.3 is 15.5 Å². The molecule has 0 saturated carbocycles. The highest BCUT2D eigenvalue weighted by atomic mass is 32.2. The Bertz CT molecular complexity index is 1180. The van der Waals surface area contributed by atoms with Gasteiger partial charge in [-0.15, -0.1) is 0 Å². The van der Waals surface area contributed by atoms with E-state index in [0.29, 0.717) is 16.9 Å². The fourth-order valence-electron chi connectivity index (χ4n) is 2.68. The normalized spacial score (nSPS) is 11.5. The van der Waals surface area contributed by atoms with Crippen LogP contribution in [0.25, 0.3) is 6.08 Å². The highest BCUT2D eigenvalue weighted by Crippen LogP contribution is 2.13. The van der Waals surface area contributed by atoms with Gasteiger partial charge in [0.2, 0.25) is 21.8 Å². The second-order valence-electron chi connectivity index (χ2n) is 6.59. The Morgan fingerprint density at radius 2 is 1.77 bits per heavy atom. The topological polar surface area (TPSA) is 132 Å². The second-order valence-corrected chi connectivity index (χ2v) is 8.36. The summed E-state index contributed by atoms with van der Waals surface area (Å²) in [7, 11) is -3.68. The van der Waals surface area contributed by atoms with Gasteiger partial charge in [0, 0.05) is 18.2 Å². The molecule has 0 fully saturated rings. The number of benzene rings is 2. The number of amides is 2. The van der Waals surface area contributed by atoms with E-state index in [2.05, 4.69) is 10.0 Å². The number of carbonyl (C=O) groups is 2. The van der Waals surface area contributed by atoms with Crippen LogP contribution in [0.5, 0.6) is 0 Å². The summed E-state index contributed by atoms with van der Waals surface area (Å²) in [5.74, 6) is -0.355. The summed E-state index contributed by atoms with van der Waals surface area (Å²) >= 11 is 0. The molecular formula is C22H21N3O5S. The Morgan fingerprint density at radius 1 is 1.00 bits per heavy atom. The fourth-order valence-corrected chi connectivity index (χ4v) is 3.67. The molecule has 0 atom stereocenters. The standard InChI is InChI=1S/C22H21N3O5S/c23-22(27)18-4-1-3-17(13-18)14-24-21(26)11-8-16-6-9-20(10-7-16)31(28,29)25-15-19-5-2-12-30-19/h1-13,25H,14-15H2,(H2,23,27)(H,24,26)/b11-8+. The largest absolute Gasteiger partial charge is 0.468 e. The van der Waals surface area contributed by atoms with Crippen LogP contribution < -0.4 is 15.8 Å². The molecule has 4 N–H and O–H groups in total. The van der Waals surface area contributed by atoms with Gasteiger partial charge in [-0.2, -0.15) is 0 Å². The van der Waals surface area contributed by atoms with Gasteiger partial charge in [0.05, 0.1) is 17.7 Å².